The monoisotopic (exact) mass is 309 g/mol. The molecular weight excluding hydrogens is 294 g/mol. The number of aryl methyl sites for hydroxylation is 1. The number of nitrogens with one attached hydrogen (secondary N) is 1. The first-order chi connectivity index (χ1) is 11.1. The first kappa shape index (κ1) is 14.6. The first-order valence-electron chi connectivity index (χ1n) is 6.90. The molecule has 0 aliphatic heterocycles. The minimum Gasteiger partial charge on any atom is -0.382 e. The van der Waals surface area contributed by atoms with Gasteiger partial charge in [-0.15, -0.1) is 10.2 Å². The summed E-state index contributed by atoms with van der Waals surface area (Å²) in [4.78, 5) is 20.0. The molecule has 0 unspecified atom stereocenters. The van der Waals surface area contributed by atoms with Crippen molar-refractivity contribution in [2.24, 2.45) is 7.05 Å². The highest BCUT2D eigenvalue weighted by Crippen LogP contribution is 2.21. The van der Waals surface area contributed by atoms with Gasteiger partial charge in [-0.1, -0.05) is 12.1 Å². The Balaban J connectivity index is 1.88. The van der Waals surface area contributed by atoms with Crippen molar-refractivity contribution in [1.82, 2.24) is 24.7 Å². The highest BCUT2D eigenvalue weighted by Gasteiger charge is 2.13. The highest BCUT2D eigenvalue weighted by atomic mass is 16.1. The van der Waals surface area contributed by atoms with Crippen molar-refractivity contribution in [2.75, 3.05) is 11.1 Å². The van der Waals surface area contributed by atoms with Crippen LogP contribution in [0.2, 0.25) is 0 Å². The lowest BCUT2D eigenvalue weighted by Gasteiger charge is -2.08. The van der Waals surface area contributed by atoms with Crippen molar-refractivity contribution >= 4 is 17.4 Å². The number of aromatic nitrogens is 5. The van der Waals surface area contributed by atoms with Gasteiger partial charge in [0.25, 0.3) is 5.91 Å². The van der Waals surface area contributed by atoms with Crippen molar-refractivity contribution in [3.63, 3.8) is 0 Å². The third-order valence-corrected chi connectivity index (χ3v) is 3.41. The van der Waals surface area contributed by atoms with Gasteiger partial charge in [0.05, 0.1) is 0 Å². The molecule has 3 rings (SSSR count). The van der Waals surface area contributed by atoms with Crippen LogP contribution in [0.3, 0.4) is 0 Å². The Bertz CT molecular complexity index is 872. The van der Waals surface area contributed by atoms with Gasteiger partial charge in [-0.2, -0.15) is 0 Å². The van der Waals surface area contributed by atoms with Gasteiger partial charge < -0.3 is 15.6 Å². The van der Waals surface area contributed by atoms with Crippen LogP contribution in [0, 0.1) is 6.92 Å². The number of carbonyl (C=O) groups is 1. The molecule has 0 saturated carbocycles. The van der Waals surface area contributed by atoms with E-state index in [9.17, 15) is 4.79 Å². The molecule has 0 spiro atoms. The lowest BCUT2D eigenvalue weighted by molar-refractivity contribution is 0.102. The maximum atomic E-state index is 12.2. The summed E-state index contributed by atoms with van der Waals surface area (Å²) in [5.41, 5.74) is 7.21. The number of hydrogen-bond donors (Lipinski definition) is 2. The number of anilines is 2. The SMILES string of the molecule is Cc1nnc(-c2cccc(NC(=O)c3nccnc3N)c2)n1C. The molecule has 0 aliphatic rings. The number of rotatable bonds is 3. The number of nitrogens with zero attached hydrogens (tertiary/aromatic N) is 5. The van der Waals surface area contributed by atoms with Gasteiger partial charge in [-0.3, -0.25) is 4.79 Å². The number of nitrogens with two attached hydrogens (primary N) is 1. The molecule has 0 saturated heterocycles. The second-order valence-electron chi connectivity index (χ2n) is 4.95. The zero-order valence-corrected chi connectivity index (χ0v) is 12.7. The maximum Gasteiger partial charge on any atom is 0.278 e. The predicted octanol–water partition coefficient (Wildman–Crippen LogP) is 1.42. The molecule has 0 fully saturated rings. The number of nitrogen functional groups attached to an aromatic ring is 1. The molecule has 1 aromatic carbocycles. The smallest absolute Gasteiger partial charge is 0.278 e. The van der Waals surface area contributed by atoms with Crippen molar-refractivity contribution in [3.8, 4) is 11.4 Å². The average Bonchev–Trinajstić information content (AvgIpc) is 2.87. The Hall–Kier alpha value is -3.29. The second kappa shape index (κ2) is 5.84. The molecule has 0 bridgehead atoms. The normalized spacial score (nSPS) is 10.5. The predicted molar refractivity (Wildman–Crippen MR) is 85.6 cm³/mol. The van der Waals surface area contributed by atoms with Gasteiger partial charge >= 0.3 is 0 Å². The van der Waals surface area contributed by atoms with Gasteiger partial charge in [-0.05, 0) is 19.1 Å². The lowest BCUT2D eigenvalue weighted by Crippen LogP contribution is -2.16. The molecule has 8 heteroatoms. The summed E-state index contributed by atoms with van der Waals surface area (Å²) in [5, 5.41) is 10.9. The van der Waals surface area contributed by atoms with Crippen molar-refractivity contribution in [2.45, 2.75) is 6.92 Å². The summed E-state index contributed by atoms with van der Waals surface area (Å²) < 4.78 is 1.88. The molecule has 3 aromatic rings. The van der Waals surface area contributed by atoms with E-state index in [2.05, 4.69) is 25.5 Å². The summed E-state index contributed by atoms with van der Waals surface area (Å²) in [5.74, 6) is 1.20. The molecule has 3 N–H and O–H groups in total. The number of carbonyl (C=O) groups excluding carboxylic acids is 1. The maximum absolute atomic E-state index is 12.2. The standard InChI is InChI=1S/C15H15N7O/c1-9-20-21-14(22(9)2)10-4-3-5-11(8-10)19-15(23)12-13(16)18-7-6-17-12/h3-8H,1-2H3,(H2,16,18)(H,19,23). The lowest BCUT2D eigenvalue weighted by atomic mass is 10.2. The summed E-state index contributed by atoms with van der Waals surface area (Å²) in [6.07, 6.45) is 2.85. The van der Waals surface area contributed by atoms with E-state index < -0.39 is 5.91 Å². The minimum atomic E-state index is -0.415. The van der Waals surface area contributed by atoms with E-state index in [4.69, 9.17) is 5.73 Å². The van der Waals surface area contributed by atoms with Crippen LogP contribution in [0.15, 0.2) is 36.7 Å². The van der Waals surface area contributed by atoms with Gasteiger partial charge in [0.15, 0.2) is 17.3 Å². The fourth-order valence-electron chi connectivity index (χ4n) is 2.11. The topological polar surface area (TPSA) is 112 Å². The highest BCUT2D eigenvalue weighted by molar-refractivity contribution is 6.05. The van der Waals surface area contributed by atoms with E-state index in [0.29, 0.717) is 5.69 Å². The summed E-state index contributed by atoms with van der Waals surface area (Å²) >= 11 is 0. The molecule has 116 valence electrons. The van der Waals surface area contributed by atoms with Crippen molar-refractivity contribution in [3.05, 3.63) is 48.2 Å². The molecule has 2 aromatic heterocycles. The minimum absolute atomic E-state index is 0.0880. The number of benzene rings is 1. The molecule has 0 atom stereocenters. The number of hydrogen-bond acceptors (Lipinski definition) is 6. The molecule has 1 amide bonds. The Morgan fingerprint density at radius 3 is 2.70 bits per heavy atom. The third kappa shape index (κ3) is 2.86. The van der Waals surface area contributed by atoms with E-state index in [1.165, 1.54) is 12.4 Å². The van der Waals surface area contributed by atoms with Gasteiger partial charge in [0.2, 0.25) is 0 Å². The van der Waals surface area contributed by atoms with Crippen molar-refractivity contribution < 1.29 is 4.79 Å². The second-order valence-corrected chi connectivity index (χ2v) is 4.95. The zero-order valence-electron chi connectivity index (χ0n) is 12.7. The van der Waals surface area contributed by atoms with Gasteiger partial charge in [0.1, 0.15) is 5.82 Å². The Morgan fingerprint density at radius 1 is 1.22 bits per heavy atom. The van der Waals surface area contributed by atoms with E-state index in [0.717, 1.165) is 17.2 Å². The molecular formula is C15H15N7O. The van der Waals surface area contributed by atoms with Crippen LogP contribution in [0.25, 0.3) is 11.4 Å². The third-order valence-electron chi connectivity index (χ3n) is 3.41. The summed E-state index contributed by atoms with van der Waals surface area (Å²) in [6, 6.07) is 7.32. The largest absolute Gasteiger partial charge is 0.382 e. The van der Waals surface area contributed by atoms with Crippen LogP contribution >= 0.6 is 0 Å². The van der Waals surface area contributed by atoms with Crippen LogP contribution in [0.4, 0.5) is 11.5 Å². The summed E-state index contributed by atoms with van der Waals surface area (Å²) in [6.45, 7) is 1.87. The van der Waals surface area contributed by atoms with Crippen LogP contribution in [-0.2, 0) is 7.05 Å². The van der Waals surface area contributed by atoms with Gasteiger partial charge in [-0.25, -0.2) is 9.97 Å². The van der Waals surface area contributed by atoms with Crippen LogP contribution in [0.1, 0.15) is 16.3 Å². The molecule has 23 heavy (non-hydrogen) atoms. The average molecular weight is 309 g/mol. The fraction of sp³-hybridized carbons (Fsp3) is 0.133. The van der Waals surface area contributed by atoms with E-state index >= 15 is 0 Å². The number of amides is 1. The molecule has 0 radical (unpaired) electrons. The Kier molecular flexibility index (Phi) is 3.71. The molecule has 8 nitrogen and oxygen atoms in total. The Labute approximate surface area is 132 Å². The fourth-order valence-corrected chi connectivity index (χ4v) is 2.11. The quantitative estimate of drug-likeness (QED) is 0.756. The zero-order chi connectivity index (χ0) is 16.4. The van der Waals surface area contributed by atoms with Crippen molar-refractivity contribution in [1.29, 1.82) is 0 Å². The van der Waals surface area contributed by atoms with Gasteiger partial charge in [0, 0.05) is 30.7 Å². The van der Waals surface area contributed by atoms with Crippen LogP contribution < -0.4 is 11.1 Å². The van der Waals surface area contributed by atoms with E-state index in [1.54, 1.807) is 6.07 Å². The Morgan fingerprint density at radius 2 is 2.00 bits per heavy atom. The van der Waals surface area contributed by atoms with E-state index in [1.807, 2.05) is 36.7 Å². The van der Waals surface area contributed by atoms with E-state index in [-0.39, 0.29) is 11.5 Å². The first-order valence-corrected chi connectivity index (χ1v) is 6.90. The molecule has 0 aliphatic carbocycles. The summed E-state index contributed by atoms with van der Waals surface area (Å²) in [7, 11) is 1.89. The molecule has 2 heterocycles. The van der Waals surface area contributed by atoms with Crippen LogP contribution in [-0.4, -0.2) is 30.6 Å². The van der Waals surface area contributed by atoms with Crippen LogP contribution in [0.5, 0.6) is 0 Å².